The van der Waals surface area contributed by atoms with Gasteiger partial charge in [-0.05, 0) is 45.2 Å². The van der Waals surface area contributed by atoms with Crippen LogP contribution in [0.3, 0.4) is 0 Å². The number of nitrogens with zero attached hydrogens (tertiary/aromatic N) is 1. The van der Waals surface area contributed by atoms with Gasteiger partial charge in [-0.1, -0.05) is 0 Å². The Morgan fingerprint density at radius 2 is 2.29 bits per heavy atom. The fraction of sp³-hybridized carbons (Fsp3) is 0.111. The fourth-order valence-corrected chi connectivity index (χ4v) is 3.04. The molecule has 0 aliphatic carbocycles. The minimum Gasteiger partial charge on any atom is -0.258 e. The number of hydrogen-bond acceptors (Lipinski definition) is 3. The molecule has 2 aromatic rings. The zero-order valence-electron chi connectivity index (χ0n) is 7.28. The Bertz CT molecular complexity index is 521. The average Bonchev–Trinajstić information content (AvgIpc) is 2.59. The third-order valence-electron chi connectivity index (χ3n) is 2.06. The number of halogens is 1. The van der Waals surface area contributed by atoms with Crippen LogP contribution in [0.2, 0.25) is 0 Å². The maximum absolute atomic E-state index is 10.7. The molecule has 1 aromatic carbocycles. The van der Waals surface area contributed by atoms with E-state index in [9.17, 15) is 10.1 Å². The van der Waals surface area contributed by atoms with Crippen molar-refractivity contribution in [2.45, 2.75) is 6.92 Å². The first-order valence-electron chi connectivity index (χ1n) is 3.92. The minimum atomic E-state index is -0.365. The van der Waals surface area contributed by atoms with Crippen molar-refractivity contribution >= 4 is 43.0 Å². The molecule has 0 spiro atoms. The molecule has 0 unspecified atom stereocenters. The fourth-order valence-electron chi connectivity index (χ4n) is 1.39. The van der Waals surface area contributed by atoms with Crippen LogP contribution in [0.15, 0.2) is 22.0 Å². The standard InChI is InChI=1S/C9H6BrNO2S/c1-5-4-7(11(12)13)8(10)9-6(5)2-3-14-9/h2-4H,1H3. The van der Waals surface area contributed by atoms with Crippen molar-refractivity contribution in [2.24, 2.45) is 0 Å². The summed E-state index contributed by atoms with van der Waals surface area (Å²) in [4.78, 5) is 10.4. The van der Waals surface area contributed by atoms with Crippen molar-refractivity contribution in [3.05, 3.63) is 37.7 Å². The molecule has 1 heterocycles. The van der Waals surface area contributed by atoms with Crippen LogP contribution in [0.1, 0.15) is 5.56 Å². The lowest BCUT2D eigenvalue weighted by Gasteiger charge is -2.00. The van der Waals surface area contributed by atoms with Crippen molar-refractivity contribution in [3.8, 4) is 0 Å². The summed E-state index contributed by atoms with van der Waals surface area (Å²) >= 11 is 4.77. The molecule has 0 radical (unpaired) electrons. The molecule has 1 aromatic heterocycles. The number of thiophene rings is 1. The zero-order chi connectivity index (χ0) is 10.3. The summed E-state index contributed by atoms with van der Waals surface area (Å²) in [6, 6.07) is 3.57. The molecule has 0 aliphatic rings. The molecule has 72 valence electrons. The summed E-state index contributed by atoms with van der Waals surface area (Å²) in [6.07, 6.45) is 0. The van der Waals surface area contributed by atoms with E-state index in [-0.39, 0.29) is 10.6 Å². The summed E-state index contributed by atoms with van der Waals surface area (Å²) in [5.41, 5.74) is 1.08. The van der Waals surface area contributed by atoms with Crippen molar-refractivity contribution in [1.82, 2.24) is 0 Å². The van der Waals surface area contributed by atoms with E-state index in [1.165, 1.54) is 11.3 Å². The van der Waals surface area contributed by atoms with Crippen LogP contribution in [0.5, 0.6) is 0 Å². The number of aryl methyl sites for hydroxylation is 1. The summed E-state index contributed by atoms with van der Waals surface area (Å²) in [7, 11) is 0. The van der Waals surface area contributed by atoms with E-state index in [0.717, 1.165) is 15.6 Å². The Hall–Kier alpha value is -0.940. The van der Waals surface area contributed by atoms with Crippen LogP contribution in [-0.4, -0.2) is 4.92 Å². The van der Waals surface area contributed by atoms with Gasteiger partial charge in [0.15, 0.2) is 0 Å². The second-order valence-electron chi connectivity index (χ2n) is 2.95. The molecule has 2 rings (SSSR count). The van der Waals surface area contributed by atoms with Gasteiger partial charge in [-0.2, -0.15) is 0 Å². The normalized spacial score (nSPS) is 10.7. The highest BCUT2D eigenvalue weighted by Crippen LogP contribution is 2.38. The van der Waals surface area contributed by atoms with Gasteiger partial charge >= 0.3 is 0 Å². The van der Waals surface area contributed by atoms with Crippen LogP contribution in [0, 0.1) is 17.0 Å². The second kappa shape index (κ2) is 3.33. The number of nitro benzene ring substituents is 1. The van der Waals surface area contributed by atoms with Crippen LogP contribution >= 0.6 is 27.3 Å². The summed E-state index contributed by atoms with van der Waals surface area (Å²) in [5.74, 6) is 0. The lowest BCUT2D eigenvalue weighted by atomic mass is 10.1. The largest absolute Gasteiger partial charge is 0.285 e. The van der Waals surface area contributed by atoms with Gasteiger partial charge in [-0.3, -0.25) is 10.1 Å². The first-order valence-corrected chi connectivity index (χ1v) is 5.59. The third-order valence-corrected chi connectivity index (χ3v) is 4.06. The Morgan fingerprint density at radius 3 is 2.93 bits per heavy atom. The summed E-state index contributed by atoms with van der Waals surface area (Å²) in [6.45, 7) is 1.88. The summed E-state index contributed by atoms with van der Waals surface area (Å²) < 4.78 is 1.52. The predicted octanol–water partition coefficient (Wildman–Crippen LogP) is 3.88. The van der Waals surface area contributed by atoms with Gasteiger partial charge in [0.1, 0.15) is 4.47 Å². The van der Waals surface area contributed by atoms with Crippen LogP contribution in [0.25, 0.3) is 10.1 Å². The van der Waals surface area contributed by atoms with E-state index >= 15 is 0 Å². The quantitative estimate of drug-likeness (QED) is 0.584. The molecular formula is C9H6BrNO2S. The molecule has 0 saturated carbocycles. The van der Waals surface area contributed by atoms with E-state index in [1.807, 2.05) is 18.4 Å². The molecule has 14 heavy (non-hydrogen) atoms. The lowest BCUT2D eigenvalue weighted by Crippen LogP contribution is -1.90. The van der Waals surface area contributed by atoms with Crippen LogP contribution in [0.4, 0.5) is 5.69 Å². The van der Waals surface area contributed by atoms with E-state index in [4.69, 9.17) is 0 Å². The number of benzene rings is 1. The Kier molecular flexibility index (Phi) is 2.28. The van der Waals surface area contributed by atoms with Gasteiger partial charge < -0.3 is 0 Å². The minimum absolute atomic E-state index is 0.137. The molecule has 5 heteroatoms. The molecular weight excluding hydrogens is 266 g/mol. The average molecular weight is 272 g/mol. The van der Waals surface area contributed by atoms with Crippen LogP contribution in [-0.2, 0) is 0 Å². The highest BCUT2D eigenvalue weighted by atomic mass is 79.9. The highest BCUT2D eigenvalue weighted by molar-refractivity contribution is 9.10. The highest BCUT2D eigenvalue weighted by Gasteiger charge is 2.17. The van der Waals surface area contributed by atoms with E-state index < -0.39 is 0 Å². The second-order valence-corrected chi connectivity index (χ2v) is 4.66. The number of fused-ring (bicyclic) bond motifs is 1. The molecule has 0 aliphatic heterocycles. The van der Waals surface area contributed by atoms with Crippen molar-refractivity contribution in [2.75, 3.05) is 0 Å². The first kappa shape index (κ1) is 9.61. The Balaban J connectivity index is 2.88. The molecule has 0 saturated heterocycles. The summed E-state index contributed by atoms with van der Waals surface area (Å²) in [5, 5.41) is 13.7. The van der Waals surface area contributed by atoms with Gasteiger partial charge in [0.05, 0.1) is 9.62 Å². The third kappa shape index (κ3) is 1.33. The van der Waals surface area contributed by atoms with E-state index in [1.54, 1.807) is 6.07 Å². The molecule has 0 fully saturated rings. The van der Waals surface area contributed by atoms with Gasteiger partial charge in [-0.15, -0.1) is 11.3 Å². The SMILES string of the molecule is Cc1cc([N+](=O)[O-])c(Br)c2sccc12. The number of nitro groups is 1. The van der Waals surface area contributed by atoms with E-state index in [2.05, 4.69) is 15.9 Å². The topological polar surface area (TPSA) is 43.1 Å². The molecule has 0 bridgehead atoms. The number of rotatable bonds is 1. The Labute approximate surface area is 92.6 Å². The van der Waals surface area contributed by atoms with Gasteiger partial charge in [0.2, 0.25) is 0 Å². The van der Waals surface area contributed by atoms with Crippen molar-refractivity contribution in [3.63, 3.8) is 0 Å². The van der Waals surface area contributed by atoms with Gasteiger partial charge in [-0.25, -0.2) is 0 Å². The van der Waals surface area contributed by atoms with Crippen molar-refractivity contribution in [1.29, 1.82) is 0 Å². The number of hydrogen-bond donors (Lipinski definition) is 0. The van der Waals surface area contributed by atoms with Crippen molar-refractivity contribution < 1.29 is 4.92 Å². The molecule has 0 amide bonds. The molecule has 0 atom stereocenters. The van der Waals surface area contributed by atoms with E-state index in [0.29, 0.717) is 4.47 Å². The zero-order valence-corrected chi connectivity index (χ0v) is 9.68. The smallest absolute Gasteiger partial charge is 0.258 e. The van der Waals surface area contributed by atoms with Gasteiger partial charge in [0, 0.05) is 6.07 Å². The maximum Gasteiger partial charge on any atom is 0.285 e. The predicted molar refractivity (Wildman–Crippen MR) is 60.9 cm³/mol. The Morgan fingerprint density at radius 1 is 1.57 bits per heavy atom. The van der Waals surface area contributed by atoms with Gasteiger partial charge in [0.25, 0.3) is 5.69 Å². The maximum atomic E-state index is 10.7. The first-order chi connectivity index (χ1) is 6.61. The molecule has 0 N–H and O–H groups in total. The van der Waals surface area contributed by atoms with Crippen LogP contribution < -0.4 is 0 Å². The molecule has 3 nitrogen and oxygen atoms in total. The monoisotopic (exact) mass is 271 g/mol. The lowest BCUT2D eigenvalue weighted by molar-refractivity contribution is -0.385.